The molecule has 41 heavy (non-hydrogen) atoms. The number of rotatable bonds is 4. The second kappa shape index (κ2) is 10.5. The van der Waals surface area contributed by atoms with E-state index in [0.717, 1.165) is 38.5 Å². The van der Waals surface area contributed by atoms with E-state index in [1.165, 1.54) is 5.57 Å². The molecule has 0 unspecified atom stereocenters. The van der Waals surface area contributed by atoms with Crippen molar-refractivity contribution >= 4 is 23.7 Å². The van der Waals surface area contributed by atoms with Gasteiger partial charge in [-0.25, -0.2) is 0 Å². The summed E-state index contributed by atoms with van der Waals surface area (Å²) in [6, 6.07) is 0. The molecule has 9 atom stereocenters. The predicted octanol–water partition coefficient (Wildman–Crippen LogP) is 2.11. The van der Waals surface area contributed by atoms with Crippen LogP contribution in [0.25, 0.3) is 0 Å². The van der Waals surface area contributed by atoms with Gasteiger partial charge in [0.25, 0.3) is 0 Å². The molecule has 0 bridgehead atoms. The first-order chi connectivity index (χ1) is 18.3. The number of fused-ring (bicyclic) bond motifs is 7. The molecule has 0 saturated heterocycles. The third-order valence-electron chi connectivity index (χ3n) is 13.6. The van der Waals surface area contributed by atoms with Gasteiger partial charge in [0.15, 0.2) is 5.78 Å². The van der Waals surface area contributed by atoms with Crippen molar-refractivity contribution in [3.05, 3.63) is 11.6 Å². The molecule has 8 heteroatoms. The third kappa shape index (κ3) is 4.79. The number of ketones is 1. The van der Waals surface area contributed by atoms with Gasteiger partial charge in [-0.1, -0.05) is 47.1 Å². The molecule has 5 rings (SSSR count). The Morgan fingerprint density at radius 1 is 0.951 bits per heavy atom. The van der Waals surface area contributed by atoms with Gasteiger partial charge in [-0.2, -0.15) is 0 Å². The normalized spacial score (nSPS) is 46.3. The van der Waals surface area contributed by atoms with Crippen molar-refractivity contribution in [1.82, 2.24) is 0 Å². The Bertz CT molecular complexity index is 1190. The van der Waals surface area contributed by atoms with E-state index in [-0.39, 0.29) is 96.6 Å². The van der Waals surface area contributed by atoms with Crippen LogP contribution in [-0.4, -0.2) is 34.9 Å². The van der Waals surface area contributed by atoms with Crippen molar-refractivity contribution in [1.29, 1.82) is 0 Å². The topological polar surface area (TPSA) is 121 Å². The maximum absolute atomic E-state index is 14.4. The van der Waals surface area contributed by atoms with Crippen LogP contribution in [0.3, 0.4) is 0 Å². The SMILES string of the molecule is CC1(C)[C@@H](OC(=O)CC(=O)[O-])CC[C@]2(C)[C@H]3C(=O)C=C4[C@@H]5C[C@@](C)(C(=O)O)CC[C@]5(C)CC[C@@]4(C)[C@]3(C)CC[C@@H]12.[K+]. The second-order valence-corrected chi connectivity index (χ2v) is 15.9. The minimum absolute atomic E-state index is 0. The maximum Gasteiger partial charge on any atom is 1.00 e. The van der Waals surface area contributed by atoms with Gasteiger partial charge in [0.2, 0.25) is 0 Å². The van der Waals surface area contributed by atoms with Crippen molar-refractivity contribution < 1.29 is 85.5 Å². The Morgan fingerprint density at radius 2 is 1.59 bits per heavy atom. The fraction of sp³-hybridized carbons (Fsp3) is 0.818. The van der Waals surface area contributed by atoms with E-state index in [0.29, 0.717) is 19.3 Å². The first-order valence-electron chi connectivity index (χ1n) is 15.2. The van der Waals surface area contributed by atoms with Gasteiger partial charge in [0.05, 0.1) is 17.8 Å². The van der Waals surface area contributed by atoms with Crippen LogP contribution in [0.4, 0.5) is 0 Å². The van der Waals surface area contributed by atoms with E-state index < -0.39 is 41.3 Å². The minimum atomic E-state index is -1.44. The number of ether oxygens (including phenoxy) is 1. The van der Waals surface area contributed by atoms with Gasteiger partial charge in [0.1, 0.15) is 6.10 Å². The summed E-state index contributed by atoms with van der Waals surface area (Å²) in [5.41, 5.74) is -0.722. The monoisotopic (exact) mass is 594 g/mol. The van der Waals surface area contributed by atoms with Crippen LogP contribution >= 0.6 is 0 Å². The van der Waals surface area contributed by atoms with Crippen LogP contribution in [0.15, 0.2) is 11.6 Å². The van der Waals surface area contributed by atoms with E-state index in [4.69, 9.17) is 4.74 Å². The molecule has 4 saturated carbocycles. The molecule has 0 aromatic rings. The number of hydrogen-bond acceptors (Lipinski definition) is 6. The number of allylic oxidation sites excluding steroid dienone is 2. The molecule has 222 valence electrons. The average molecular weight is 595 g/mol. The molecule has 0 aliphatic heterocycles. The number of carboxylic acids is 2. The molecule has 0 heterocycles. The molecule has 0 amide bonds. The van der Waals surface area contributed by atoms with Gasteiger partial charge >= 0.3 is 63.3 Å². The summed E-state index contributed by atoms with van der Waals surface area (Å²) < 4.78 is 5.71. The average Bonchev–Trinajstić information content (AvgIpc) is 2.82. The molecule has 0 aromatic carbocycles. The van der Waals surface area contributed by atoms with Gasteiger partial charge in [0, 0.05) is 11.3 Å². The second-order valence-electron chi connectivity index (χ2n) is 15.9. The van der Waals surface area contributed by atoms with Crippen molar-refractivity contribution in [2.24, 2.45) is 50.2 Å². The van der Waals surface area contributed by atoms with Crippen LogP contribution in [0.1, 0.15) is 113 Å². The Balaban J connectivity index is 0.00000387. The van der Waals surface area contributed by atoms with Crippen LogP contribution in [0.2, 0.25) is 0 Å². The summed E-state index contributed by atoms with van der Waals surface area (Å²) in [7, 11) is 0. The summed E-state index contributed by atoms with van der Waals surface area (Å²) >= 11 is 0. The summed E-state index contributed by atoms with van der Waals surface area (Å²) in [4.78, 5) is 49.9. The molecular formula is C33H47KO7. The predicted molar refractivity (Wildman–Crippen MR) is 147 cm³/mol. The van der Waals surface area contributed by atoms with Gasteiger partial charge in [-0.3, -0.25) is 14.4 Å². The third-order valence-corrected chi connectivity index (χ3v) is 13.6. The first kappa shape index (κ1) is 33.4. The van der Waals surface area contributed by atoms with Crippen LogP contribution in [-0.2, 0) is 23.9 Å². The first-order valence-corrected chi connectivity index (χ1v) is 15.2. The van der Waals surface area contributed by atoms with Gasteiger partial charge in [-0.05, 0) is 104 Å². The number of carboxylic acid groups (broad SMARTS) is 2. The molecule has 0 radical (unpaired) electrons. The number of aliphatic carboxylic acids is 2. The number of hydrogen-bond donors (Lipinski definition) is 1. The van der Waals surface area contributed by atoms with Gasteiger partial charge < -0.3 is 19.7 Å². The summed E-state index contributed by atoms with van der Waals surface area (Å²) in [5.74, 6) is -2.71. The largest absolute Gasteiger partial charge is 1.00 e. The molecule has 0 aromatic heterocycles. The summed E-state index contributed by atoms with van der Waals surface area (Å²) in [6.07, 6.45) is 8.06. The van der Waals surface area contributed by atoms with Crippen molar-refractivity contribution in [2.45, 2.75) is 119 Å². The van der Waals surface area contributed by atoms with Gasteiger partial charge in [-0.15, -0.1) is 0 Å². The number of carbonyl (C=O) groups is 4. The Labute approximate surface area is 287 Å². The molecule has 4 fully saturated rings. The van der Waals surface area contributed by atoms with Crippen LogP contribution in [0.5, 0.6) is 0 Å². The zero-order chi connectivity index (χ0) is 29.7. The minimum Gasteiger partial charge on any atom is -0.550 e. The fourth-order valence-corrected chi connectivity index (χ4v) is 10.9. The molecule has 5 aliphatic carbocycles. The fourth-order valence-electron chi connectivity index (χ4n) is 10.9. The van der Waals surface area contributed by atoms with E-state index >= 15 is 0 Å². The van der Waals surface area contributed by atoms with Crippen molar-refractivity contribution in [3.63, 3.8) is 0 Å². The van der Waals surface area contributed by atoms with Crippen LogP contribution in [0, 0.1) is 50.2 Å². The quantitative estimate of drug-likeness (QED) is 0.301. The number of carbonyl (C=O) groups excluding carboxylic acids is 3. The maximum atomic E-state index is 14.4. The van der Waals surface area contributed by atoms with E-state index in [9.17, 15) is 29.4 Å². The smallest absolute Gasteiger partial charge is 0.550 e. The number of esters is 1. The molecule has 1 N–H and O–H groups in total. The van der Waals surface area contributed by atoms with Crippen LogP contribution < -0.4 is 56.5 Å². The van der Waals surface area contributed by atoms with E-state index in [1.54, 1.807) is 0 Å². The molecule has 7 nitrogen and oxygen atoms in total. The molecule has 5 aliphatic rings. The molecular weight excluding hydrogens is 547 g/mol. The standard InChI is InChI=1S/C33H48O7.K/c1-28(2)22-8-11-33(7)26(31(22,5)10-9-23(28)40-25(37)17-24(35)36)21(34)16-19-20-18-30(4,27(38)39)13-12-29(20,3)14-15-32(19,33)6;/h16,20,22-23,26H,8-15,17-18H2,1-7H3,(H,35,36)(H,38,39);/q;+1/p-1/t20-,22-,23-,26+,29+,30-,31-,32+,33+;/m0./s1. The van der Waals surface area contributed by atoms with E-state index in [2.05, 4.69) is 41.5 Å². The molecule has 0 spiro atoms. The zero-order valence-corrected chi connectivity index (χ0v) is 29.5. The Morgan fingerprint density at radius 3 is 2.20 bits per heavy atom. The van der Waals surface area contributed by atoms with Crippen molar-refractivity contribution in [3.8, 4) is 0 Å². The zero-order valence-electron chi connectivity index (χ0n) is 26.4. The summed E-state index contributed by atoms with van der Waals surface area (Å²) in [6.45, 7) is 15.3. The van der Waals surface area contributed by atoms with E-state index in [1.807, 2.05) is 13.0 Å². The summed E-state index contributed by atoms with van der Waals surface area (Å²) in [5, 5.41) is 21.1. The van der Waals surface area contributed by atoms with Crippen molar-refractivity contribution in [2.75, 3.05) is 0 Å². The Kier molecular flexibility index (Phi) is 8.56. The Hall–Kier alpha value is -0.544.